The number of nitrogens with zero attached hydrogens (tertiary/aromatic N) is 2. The molecule has 1 unspecified atom stereocenters. The standard InChI is InChI=1S/C26H30F4N2O5/c1-25(2,3)37-24(34)32-11-10-31(23(33)36-17-18-7-5-4-6-8-18)16-21(32)9-12-35-22-14-19(26(28,29)30)13-20(27)15-22/h4-8,13-15,21H,9-12,16-17H2,1-3H3. The Bertz CT molecular complexity index is 1070. The molecule has 202 valence electrons. The summed E-state index contributed by atoms with van der Waals surface area (Å²) in [7, 11) is 0. The second kappa shape index (κ2) is 11.7. The molecular formula is C26H30F4N2O5. The van der Waals surface area contributed by atoms with Crippen molar-refractivity contribution in [2.75, 3.05) is 26.2 Å². The van der Waals surface area contributed by atoms with Crippen LogP contribution in [0.2, 0.25) is 0 Å². The summed E-state index contributed by atoms with van der Waals surface area (Å²) in [6, 6.07) is 10.5. The summed E-state index contributed by atoms with van der Waals surface area (Å²) in [5.74, 6) is -1.36. The number of hydrogen-bond acceptors (Lipinski definition) is 5. The highest BCUT2D eigenvalue weighted by atomic mass is 19.4. The number of hydrogen-bond donors (Lipinski definition) is 0. The van der Waals surface area contributed by atoms with Gasteiger partial charge < -0.3 is 24.0 Å². The lowest BCUT2D eigenvalue weighted by molar-refractivity contribution is -0.137. The molecule has 3 rings (SSSR count). The van der Waals surface area contributed by atoms with E-state index in [2.05, 4.69) is 0 Å². The molecule has 1 atom stereocenters. The van der Waals surface area contributed by atoms with Crippen LogP contribution < -0.4 is 4.74 Å². The average molecular weight is 527 g/mol. The van der Waals surface area contributed by atoms with Crippen LogP contribution in [0, 0.1) is 5.82 Å². The van der Waals surface area contributed by atoms with Crippen LogP contribution in [0.25, 0.3) is 0 Å². The van der Waals surface area contributed by atoms with E-state index in [0.717, 1.165) is 11.6 Å². The SMILES string of the molecule is CC(C)(C)OC(=O)N1CCN(C(=O)OCc2ccccc2)CC1CCOc1cc(F)cc(C(F)(F)F)c1. The first-order valence-electron chi connectivity index (χ1n) is 11.8. The molecule has 0 spiro atoms. The topological polar surface area (TPSA) is 68.3 Å². The van der Waals surface area contributed by atoms with Crippen molar-refractivity contribution in [1.82, 2.24) is 9.80 Å². The number of carbonyl (C=O) groups excluding carboxylic acids is 2. The zero-order valence-corrected chi connectivity index (χ0v) is 20.9. The van der Waals surface area contributed by atoms with Crippen molar-refractivity contribution in [3.8, 4) is 5.75 Å². The molecule has 1 heterocycles. The molecule has 1 saturated heterocycles. The van der Waals surface area contributed by atoms with E-state index in [-0.39, 0.29) is 45.0 Å². The molecule has 1 aliphatic rings. The summed E-state index contributed by atoms with van der Waals surface area (Å²) in [5.41, 5.74) is -1.09. The number of amides is 2. The molecule has 2 aromatic rings. The Morgan fingerprint density at radius 2 is 1.70 bits per heavy atom. The van der Waals surface area contributed by atoms with Gasteiger partial charge in [-0.15, -0.1) is 0 Å². The maximum absolute atomic E-state index is 13.7. The fourth-order valence-electron chi connectivity index (χ4n) is 3.76. The van der Waals surface area contributed by atoms with Crippen molar-refractivity contribution in [2.45, 2.75) is 51.6 Å². The third-order valence-electron chi connectivity index (χ3n) is 5.49. The number of benzene rings is 2. The van der Waals surface area contributed by atoms with Crippen LogP contribution in [0.3, 0.4) is 0 Å². The van der Waals surface area contributed by atoms with Crippen LogP contribution in [-0.4, -0.2) is 59.9 Å². The van der Waals surface area contributed by atoms with Crippen molar-refractivity contribution in [2.24, 2.45) is 0 Å². The first-order chi connectivity index (χ1) is 17.3. The number of carbonyl (C=O) groups is 2. The number of alkyl halides is 3. The van der Waals surface area contributed by atoms with Gasteiger partial charge in [0.25, 0.3) is 0 Å². The zero-order valence-electron chi connectivity index (χ0n) is 20.9. The summed E-state index contributed by atoms with van der Waals surface area (Å²) in [5, 5.41) is 0. The van der Waals surface area contributed by atoms with Crippen LogP contribution in [0.4, 0.5) is 27.2 Å². The summed E-state index contributed by atoms with van der Waals surface area (Å²) in [6.45, 7) is 5.61. The molecule has 0 aliphatic carbocycles. The monoisotopic (exact) mass is 526 g/mol. The van der Waals surface area contributed by atoms with Crippen molar-refractivity contribution in [1.29, 1.82) is 0 Å². The quantitative estimate of drug-likeness (QED) is 0.441. The Morgan fingerprint density at radius 3 is 2.35 bits per heavy atom. The third-order valence-corrected chi connectivity index (χ3v) is 5.49. The van der Waals surface area contributed by atoms with Crippen molar-refractivity contribution < 1.29 is 41.4 Å². The van der Waals surface area contributed by atoms with Gasteiger partial charge in [-0.2, -0.15) is 13.2 Å². The molecule has 0 bridgehead atoms. The highest BCUT2D eigenvalue weighted by Crippen LogP contribution is 2.32. The van der Waals surface area contributed by atoms with Gasteiger partial charge in [0.2, 0.25) is 0 Å². The van der Waals surface area contributed by atoms with E-state index >= 15 is 0 Å². The molecule has 1 fully saturated rings. The van der Waals surface area contributed by atoms with Gasteiger partial charge in [0.1, 0.15) is 23.8 Å². The largest absolute Gasteiger partial charge is 0.493 e. The van der Waals surface area contributed by atoms with Crippen molar-refractivity contribution in [3.63, 3.8) is 0 Å². The van der Waals surface area contributed by atoms with E-state index in [9.17, 15) is 27.2 Å². The Hall–Kier alpha value is -3.50. The maximum atomic E-state index is 13.7. The minimum atomic E-state index is -4.72. The maximum Gasteiger partial charge on any atom is 0.416 e. The minimum Gasteiger partial charge on any atom is -0.493 e. The Balaban J connectivity index is 1.66. The predicted molar refractivity (Wildman–Crippen MR) is 126 cm³/mol. The Labute approximate surface area is 212 Å². The zero-order chi connectivity index (χ0) is 27.2. The lowest BCUT2D eigenvalue weighted by Gasteiger charge is -2.41. The second-order valence-corrected chi connectivity index (χ2v) is 9.62. The second-order valence-electron chi connectivity index (χ2n) is 9.62. The lowest BCUT2D eigenvalue weighted by Crippen LogP contribution is -2.57. The first-order valence-corrected chi connectivity index (χ1v) is 11.8. The van der Waals surface area contributed by atoms with Crippen LogP contribution in [0.15, 0.2) is 48.5 Å². The molecule has 2 aromatic carbocycles. The molecule has 0 radical (unpaired) electrons. The lowest BCUT2D eigenvalue weighted by atomic mass is 10.1. The van der Waals surface area contributed by atoms with E-state index in [4.69, 9.17) is 14.2 Å². The predicted octanol–water partition coefficient (Wildman–Crippen LogP) is 5.87. The smallest absolute Gasteiger partial charge is 0.416 e. The molecule has 7 nitrogen and oxygen atoms in total. The van der Waals surface area contributed by atoms with E-state index < -0.39 is 41.4 Å². The van der Waals surface area contributed by atoms with Gasteiger partial charge in [0.15, 0.2) is 0 Å². The van der Waals surface area contributed by atoms with Crippen LogP contribution in [0.1, 0.15) is 38.3 Å². The summed E-state index contributed by atoms with van der Waals surface area (Å²) < 4.78 is 69.0. The fourth-order valence-corrected chi connectivity index (χ4v) is 3.76. The van der Waals surface area contributed by atoms with E-state index in [1.807, 2.05) is 30.3 Å². The van der Waals surface area contributed by atoms with Crippen molar-refractivity contribution in [3.05, 3.63) is 65.5 Å². The summed E-state index contributed by atoms with van der Waals surface area (Å²) >= 11 is 0. The van der Waals surface area contributed by atoms with E-state index in [1.165, 1.54) is 9.80 Å². The molecule has 1 aliphatic heterocycles. The van der Waals surface area contributed by atoms with Crippen LogP contribution in [0.5, 0.6) is 5.75 Å². The molecular weight excluding hydrogens is 496 g/mol. The fraction of sp³-hybridized carbons (Fsp3) is 0.462. The molecule has 11 heteroatoms. The third kappa shape index (κ3) is 8.54. The first kappa shape index (κ1) is 28.1. The number of ether oxygens (including phenoxy) is 3. The number of rotatable bonds is 6. The van der Waals surface area contributed by atoms with Gasteiger partial charge in [-0.3, -0.25) is 0 Å². The minimum absolute atomic E-state index is 0.0842. The Morgan fingerprint density at radius 1 is 1.00 bits per heavy atom. The molecule has 2 amide bonds. The highest BCUT2D eigenvalue weighted by molar-refractivity contribution is 5.71. The van der Waals surface area contributed by atoms with Crippen LogP contribution >= 0.6 is 0 Å². The highest BCUT2D eigenvalue weighted by Gasteiger charge is 2.36. The number of piperazine rings is 1. The average Bonchev–Trinajstić information content (AvgIpc) is 2.81. The van der Waals surface area contributed by atoms with Gasteiger partial charge in [-0.05, 0) is 38.5 Å². The van der Waals surface area contributed by atoms with Gasteiger partial charge >= 0.3 is 18.4 Å². The summed E-state index contributed by atoms with van der Waals surface area (Å²) in [6.07, 6.45) is -5.71. The van der Waals surface area contributed by atoms with Gasteiger partial charge in [0.05, 0.1) is 18.2 Å². The van der Waals surface area contributed by atoms with Gasteiger partial charge in [-0.1, -0.05) is 30.3 Å². The number of halogens is 4. The van der Waals surface area contributed by atoms with E-state index in [0.29, 0.717) is 12.1 Å². The normalized spacial score (nSPS) is 16.4. The van der Waals surface area contributed by atoms with Gasteiger partial charge in [0, 0.05) is 32.1 Å². The molecule has 0 N–H and O–H groups in total. The molecule has 37 heavy (non-hydrogen) atoms. The molecule has 0 saturated carbocycles. The van der Waals surface area contributed by atoms with Gasteiger partial charge in [-0.25, -0.2) is 14.0 Å². The molecule has 0 aromatic heterocycles. The van der Waals surface area contributed by atoms with E-state index in [1.54, 1.807) is 20.8 Å². The Kier molecular flexibility index (Phi) is 8.88. The van der Waals surface area contributed by atoms with Crippen molar-refractivity contribution >= 4 is 12.2 Å². The van der Waals surface area contributed by atoms with Crippen LogP contribution in [-0.2, 0) is 22.3 Å². The summed E-state index contributed by atoms with van der Waals surface area (Å²) in [4.78, 5) is 28.4.